The quantitative estimate of drug-likeness (QED) is 0.426. The fourth-order valence-corrected chi connectivity index (χ4v) is 0.792. The molecule has 0 aromatic rings. The molecule has 1 aliphatic rings. The van der Waals surface area contributed by atoms with E-state index >= 15 is 0 Å². The molecule has 1 rings (SSSR count). The Labute approximate surface area is 58.4 Å². The number of aliphatic hydroxyl groups is 3. The third-order valence-electron chi connectivity index (χ3n) is 1.44. The molecule has 0 saturated carbocycles. The van der Waals surface area contributed by atoms with Crippen molar-refractivity contribution in [1.29, 1.82) is 0 Å². The van der Waals surface area contributed by atoms with Crippen molar-refractivity contribution in [3.63, 3.8) is 0 Å². The van der Waals surface area contributed by atoms with E-state index in [1.54, 1.807) is 0 Å². The molecule has 0 spiro atoms. The molecule has 3 N–H and O–H groups in total. The summed E-state index contributed by atoms with van der Waals surface area (Å²) in [7, 11) is 0. The maximum Gasteiger partial charge on any atom is 0.149 e. The summed E-state index contributed by atoms with van der Waals surface area (Å²) in [5.74, 6) is 0. The van der Waals surface area contributed by atoms with Gasteiger partial charge in [-0.15, -0.1) is 0 Å². The van der Waals surface area contributed by atoms with Crippen molar-refractivity contribution in [2.24, 2.45) is 0 Å². The van der Waals surface area contributed by atoms with Crippen molar-refractivity contribution in [3.8, 4) is 0 Å². The Bertz CT molecular complexity index is 134. The molecule has 0 fully saturated rings. The zero-order chi connectivity index (χ0) is 7.56. The third kappa shape index (κ3) is 1.29. The minimum Gasteiger partial charge on any atom is -0.493 e. The topological polar surface area (TPSA) is 69.9 Å². The summed E-state index contributed by atoms with van der Waals surface area (Å²) in [5.41, 5.74) is 0. The lowest BCUT2D eigenvalue weighted by Crippen LogP contribution is -2.42. The van der Waals surface area contributed by atoms with Gasteiger partial charge in [0.15, 0.2) is 0 Å². The van der Waals surface area contributed by atoms with Crippen LogP contribution in [0.2, 0.25) is 0 Å². The molecule has 0 bridgehead atoms. The summed E-state index contributed by atoms with van der Waals surface area (Å²) < 4.78 is 4.77. The normalized spacial score (nSPS) is 39.3. The fraction of sp³-hybridized carbons (Fsp3) is 0.667. The van der Waals surface area contributed by atoms with Crippen LogP contribution in [0.25, 0.3) is 0 Å². The van der Waals surface area contributed by atoms with Gasteiger partial charge in [0, 0.05) is 0 Å². The molecule has 2 unspecified atom stereocenters. The summed E-state index contributed by atoms with van der Waals surface area (Å²) in [6, 6.07) is 0. The van der Waals surface area contributed by atoms with Crippen LogP contribution in [-0.4, -0.2) is 40.2 Å². The molecule has 0 saturated heterocycles. The van der Waals surface area contributed by atoms with E-state index in [0.29, 0.717) is 0 Å². The zero-order valence-corrected chi connectivity index (χ0v) is 5.34. The highest BCUT2D eigenvalue weighted by atomic mass is 16.5. The molecule has 1 aliphatic heterocycles. The van der Waals surface area contributed by atoms with Gasteiger partial charge < -0.3 is 20.1 Å². The number of hydrogen-bond acceptors (Lipinski definition) is 4. The number of rotatable bonds is 1. The predicted octanol–water partition coefficient (Wildman–Crippen LogP) is -1.39. The summed E-state index contributed by atoms with van der Waals surface area (Å²) in [6.07, 6.45) is -0.0318. The van der Waals surface area contributed by atoms with E-state index in [0.717, 1.165) is 0 Å². The van der Waals surface area contributed by atoms with Gasteiger partial charge in [-0.05, 0) is 6.08 Å². The summed E-state index contributed by atoms with van der Waals surface area (Å²) in [5, 5.41) is 26.6. The lowest BCUT2D eigenvalue weighted by atomic mass is 10.1. The first-order valence-electron chi connectivity index (χ1n) is 3.05. The fourth-order valence-electron chi connectivity index (χ4n) is 0.792. The second-order valence-corrected chi connectivity index (χ2v) is 2.17. The maximum atomic E-state index is 9.05. The number of aliphatic hydroxyl groups excluding tert-OH is 3. The molecule has 0 aromatic heterocycles. The molecule has 4 nitrogen and oxygen atoms in total. The van der Waals surface area contributed by atoms with Crippen molar-refractivity contribution in [2.45, 2.75) is 18.3 Å². The van der Waals surface area contributed by atoms with Crippen LogP contribution in [0.4, 0.5) is 0 Å². The number of ether oxygens (including phenoxy) is 1. The van der Waals surface area contributed by atoms with Crippen LogP contribution < -0.4 is 0 Å². The number of hydrogen-bond donors (Lipinski definition) is 3. The molecule has 3 atom stereocenters. The van der Waals surface area contributed by atoms with E-state index in [1.807, 2.05) is 0 Å². The van der Waals surface area contributed by atoms with Crippen molar-refractivity contribution >= 4 is 0 Å². The van der Waals surface area contributed by atoms with E-state index in [4.69, 9.17) is 20.1 Å². The second kappa shape index (κ2) is 3.01. The van der Waals surface area contributed by atoms with Crippen LogP contribution in [0.3, 0.4) is 0 Å². The molecule has 0 radical (unpaired) electrons. The maximum absolute atomic E-state index is 9.05. The predicted molar refractivity (Wildman–Crippen MR) is 33.1 cm³/mol. The first-order chi connectivity index (χ1) is 4.75. The largest absolute Gasteiger partial charge is 0.493 e. The van der Waals surface area contributed by atoms with Gasteiger partial charge in [-0.1, -0.05) is 0 Å². The molecule has 4 heteroatoms. The van der Waals surface area contributed by atoms with Crippen LogP contribution in [0.5, 0.6) is 0 Å². The van der Waals surface area contributed by atoms with Crippen LogP contribution in [0, 0.1) is 0 Å². The molecule has 58 valence electrons. The van der Waals surface area contributed by atoms with Gasteiger partial charge in [0.1, 0.15) is 18.3 Å². The van der Waals surface area contributed by atoms with E-state index < -0.39 is 18.3 Å². The van der Waals surface area contributed by atoms with Gasteiger partial charge in [0.2, 0.25) is 0 Å². The monoisotopic (exact) mass is 146 g/mol. The lowest BCUT2D eigenvalue weighted by Gasteiger charge is -2.26. The minimum atomic E-state index is -1.02. The molecular weight excluding hydrogens is 136 g/mol. The standard InChI is InChI=1S/C6H10O4/c7-3-5-6(9)4(8)1-2-10-5/h1-2,4-9H,3H2/t4-,5?,6?/m1/s1. The van der Waals surface area contributed by atoms with Gasteiger partial charge in [0.25, 0.3) is 0 Å². The highest BCUT2D eigenvalue weighted by Gasteiger charge is 2.27. The Morgan fingerprint density at radius 1 is 1.40 bits per heavy atom. The Morgan fingerprint density at radius 2 is 2.10 bits per heavy atom. The first-order valence-corrected chi connectivity index (χ1v) is 3.05. The smallest absolute Gasteiger partial charge is 0.149 e. The van der Waals surface area contributed by atoms with Gasteiger partial charge in [-0.2, -0.15) is 0 Å². The van der Waals surface area contributed by atoms with Crippen molar-refractivity contribution in [3.05, 3.63) is 12.3 Å². The van der Waals surface area contributed by atoms with Gasteiger partial charge in [-0.25, -0.2) is 0 Å². The van der Waals surface area contributed by atoms with Crippen LogP contribution >= 0.6 is 0 Å². The minimum absolute atomic E-state index is 0.289. The summed E-state index contributed by atoms with van der Waals surface area (Å²) in [4.78, 5) is 0. The highest BCUT2D eigenvalue weighted by Crippen LogP contribution is 2.10. The Morgan fingerprint density at radius 3 is 2.60 bits per heavy atom. The molecule has 0 aliphatic carbocycles. The van der Waals surface area contributed by atoms with Crippen molar-refractivity contribution in [2.75, 3.05) is 6.61 Å². The average Bonchev–Trinajstić information content (AvgIpc) is 1.95. The van der Waals surface area contributed by atoms with Crippen molar-refractivity contribution in [1.82, 2.24) is 0 Å². The first kappa shape index (κ1) is 7.53. The molecule has 10 heavy (non-hydrogen) atoms. The Hall–Kier alpha value is -0.580. The summed E-state index contributed by atoms with van der Waals surface area (Å²) in [6.45, 7) is -0.289. The molecular formula is C6H10O4. The van der Waals surface area contributed by atoms with Crippen molar-refractivity contribution < 1.29 is 20.1 Å². The van der Waals surface area contributed by atoms with E-state index in [2.05, 4.69) is 0 Å². The highest BCUT2D eigenvalue weighted by molar-refractivity contribution is 4.96. The lowest BCUT2D eigenvalue weighted by molar-refractivity contribution is -0.0808. The molecule has 0 amide bonds. The van der Waals surface area contributed by atoms with Gasteiger partial charge in [-0.3, -0.25) is 0 Å². The zero-order valence-electron chi connectivity index (χ0n) is 5.34. The Balaban J connectivity index is 2.56. The Kier molecular flexibility index (Phi) is 2.26. The SMILES string of the molecule is OCC1OC=C[C@@H](O)C1O. The van der Waals surface area contributed by atoms with Crippen LogP contribution in [0.15, 0.2) is 12.3 Å². The summed E-state index contributed by atoms with van der Waals surface area (Å²) >= 11 is 0. The van der Waals surface area contributed by atoms with Gasteiger partial charge >= 0.3 is 0 Å². The third-order valence-corrected chi connectivity index (χ3v) is 1.44. The molecule has 1 heterocycles. The average molecular weight is 146 g/mol. The van der Waals surface area contributed by atoms with E-state index in [9.17, 15) is 0 Å². The second-order valence-electron chi connectivity index (χ2n) is 2.17. The van der Waals surface area contributed by atoms with Crippen LogP contribution in [-0.2, 0) is 4.74 Å². The van der Waals surface area contributed by atoms with Gasteiger partial charge in [0.05, 0.1) is 12.9 Å². The van der Waals surface area contributed by atoms with Crippen LogP contribution in [0.1, 0.15) is 0 Å². The van der Waals surface area contributed by atoms with E-state index in [1.165, 1.54) is 12.3 Å². The molecule has 0 aromatic carbocycles. The van der Waals surface area contributed by atoms with E-state index in [-0.39, 0.29) is 6.61 Å².